The molecule has 5 heteroatoms. The Morgan fingerprint density at radius 2 is 0.965 bits per heavy atom. The minimum Gasteiger partial charge on any atom is -0.387 e. The first-order valence-electron chi connectivity index (χ1n) is 25.4. The lowest BCUT2D eigenvalue weighted by atomic mass is 9.78. The number of carbonyl (C=O) groups is 1. The number of hydrogen-bond acceptors (Lipinski definition) is 4. The topological polar surface area (TPSA) is 67.8 Å². The van der Waals surface area contributed by atoms with E-state index in [9.17, 15) is 9.90 Å². The maximum Gasteiger partial charge on any atom is 0.220 e. The zero-order valence-electron chi connectivity index (χ0n) is 39.1. The van der Waals surface area contributed by atoms with Crippen LogP contribution in [0.15, 0.2) is 24.3 Å². The van der Waals surface area contributed by atoms with Gasteiger partial charge in [0.2, 0.25) is 5.91 Å². The van der Waals surface area contributed by atoms with E-state index in [-0.39, 0.29) is 30.8 Å². The number of nitrogens with one attached hydrogen (secondary N) is 1. The van der Waals surface area contributed by atoms with Gasteiger partial charge in [-0.25, -0.2) is 0 Å². The van der Waals surface area contributed by atoms with E-state index in [1.807, 2.05) is 6.08 Å². The predicted molar refractivity (Wildman–Crippen MR) is 248 cm³/mol. The number of hydrogen-bond donors (Lipinski definition) is 2. The van der Waals surface area contributed by atoms with Gasteiger partial charge < -0.3 is 19.9 Å². The van der Waals surface area contributed by atoms with Crippen LogP contribution in [-0.4, -0.2) is 42.2 Å². The van der Waals surface area contributed by atoms with Crippen LogP contribution < -0.4 is 5.32 Å². The van der Waals surface area contributed by atoms with Crippen molar-refractivity contribution in [3.63, 3.8) is 0 Å². The van der Waals surface area contributed by atoms with Crippen molar-refractivity contribution in [3.05, 3.63) is 24.3 Å². The summed E-state index contributed by atoms with van der Waals surface area (Å²) in [5, 5.41) is 14.4. The standard InChI is InChI=1S/C52H99NO4/c1-7-10-12-14-16-18-20-22-23-24-25-26-27-28-29-31-33-35-37-39-41-43-51(55)53-48(44-56-52-47(6)45(4)46(5)50(9-3)57-52)49(54)42-40-38-36-34-32-30-21-19-17-15-13-11-8-2/h22-23,40,42,45-50,52,54H,7-21,24-39,41,43-44H2,1-6H3,(H,53,55)/b23-22?,42-40+/t45?,46?,47?,48-,49+,50?,52?/m0/s1. The van der Waals surface area contributed by atoms with Gasteiger partial charge in [-0.05, 0) is 63.2 Å². The molecule has 2 N–H and O–H groups in total. The van der Waals surface area contributed by atoms with Gasteiger partial charge in [-0.1, -0.05) is 220 Å². The Morgan fingerprint density at radius 1 is 0.561 bits per heavy atom. The zero-order chi connectivity index (χ0) is 41.6. The number of ether oxygens (including phenoxy) is 2. The van der Waals surface area contributed by atoms with E-state index in [2.05, 4.69) is 65.1 Å². The van der Waals surface area contributed by atoms with Crippen LogP contribution in [0.25, 0.3) is 0 Å². The number of unbranched alkanes of at least 4 members (excludes halogenated alkanes) is 28. The molecule has 0 spiro atoms. The molecule has 57 heavy (non-hydrogen) atoms. The van der Waals surface area contributed by atoms with E-state index in [4.69, 9.17) is 9.47 Å². The minimum atomic E-state index is -0.782. The quantitative estimate of drug-likeness (QED) is 0.0478. The summed E-state index contributed by atoms with van der Waals surface area (Å²) < 4.78 is 12.8. The number of allylic oxidation sites excluding steroid dienone is 3. The molecule has 1 rings (SSSR count). The van der Waals surface area contributed by atoms with E-state index in [0.717, 1.165) is 32.1 Å². The fourth-order valence-corrected chi connectivity index (χ4v) is 8.56. The van der Waals surface area contributed by atoms with Crippen molar-refractivity contribution in [2.45, 2.75) is 278 Å². The Labute approximate surface area is 356 Å². The van der Waals surface area contributed by atoms with Crippen LogP contribution in [0.4, 0.5) is 0 Å². The summed E-state index contributed by atoms with van der Waals surface area (Å²) in [7, 11) is 0. The van der Waals surface area contributed by atoms with Gasteiger partial charge in [0.25, 0.3) is 0 Å². The first-order valence-corrected chi connectivity index (χ1v) is 25.4. The summed E-state index contributed by atoms with van der Waals surface area (Å²) in [6, 6.07) is -0.483. The van der Waals surface area contributed by atoms with Gasteiger partial charge in [-0.3, -0.25) is 4.79 Å². The molecule has 5 nitrogen and oxygen atoms in total. The molecule has 0 radical (unpaired) electrons. The fourth-order valence-electron chi connectivity index (χ4n) is 8.56. The van der Waals surface area contributed by atoms with E-state index in [0.29, 0.717) is 18.3 Å². The van der Waals surface area contributed by atoms with E-state index in [1.165, 1.54) is 173 Å². The molecule has 7 atom stereocenters. The van der Waals surface area contributed by atoms with Crippen LogP contribution in [0.3, 0.4) is 0 Å². The van der Waals surface area contributed by atoms with Crippen molar-refractivity contribution in [1.82, 2.24) is 5.32 Å². The van der Waals surface area contributed by atoms with Crippen LogP contribution in [-0.2, 0) is 14.3 Å². The molecule has 5 unspecified atom stereocenters. The van der Waals surface area contributed by atoms with Crippen molar-refractivity contribution < 1.29 is 19.4 Å². The molecule has 0 aliphatic carbocycles. The van der Waals surface area contributed by atoms with Gasteiger partial charge in [-0.2, -0.15) is 0 Å². The highest BCUT2D eigenvalue weighted by Gasteiger charge is 2.39. The number of rotatable bonds is 40. The molecule has 0 aromatic heterocycles. The molecule has 0 saturated carbocycles. The van der Waals surface area contributed by atoms with Gasteiger partial charge in [0.1, 0.15) is 0 Å². The highest BCUT2D eigenvalue weighted by molar-refractivity contribution is 5.76. The lowest BCUT2D eigenvalue weighted by Crippen LogP contribution is -2.50. The summed E-state index contributed by atoms with van der Waals surface area (Å²) in [4.78, 5) is 13.1. The van der Waals surface area contributed by atoms with Gasteiger partial charge in [-0.15, -0.1) is 0 Å². The highest BCUT2D eigenvalue weighted by Crippen LogP contribution is 2.36. The van der Waals surface area contributed by atoms with Crippen molar-refractivity contribution in [3.8, 4) is 0 Å². The minimum absolute atomic E-state index is 0.0146. The number of amides is 1. The Morgan fingerprint density at radius 3 is 1.40 bits per heavy atom. The summed E-state index contributed by atoms with van der Waals surface area (Å²) in [6.07, 6.45) is 49.7. The Balaban J connectivity index is 2.29. The third-order valence-electron chi connectivity index (χ3n) is 13.1. The average molecular weight is 802 g/mol. The van der Waals surface area contributed by atoms with Gasteiger partial charge >= 0.3 is 0 Å². The second-order valence-electron chi connectivity index (χ2n) is 18.2. The van der Waals surface area contributed by atoms with Gasteiger partial charge in [0.15, 0.2) is 6.29 Å². The smallest absolute Gasteiger partial charge is 0.220 e. The molecular weight excluding hydrogens is 703 g/mol. The van der Waals surface area contributed by atoms with Crippen molar-refractivity contribution >= 4 is 5.91 Å². The van der Waals surface area contributed by atoms with E-state index >= 15 is 0 Å². The third-order valence-corrected chi connectivity index (χ3v) is 13.1. The largest absolute Gasteiger partial charge is 0.387 e. The Hall–Kier alpha value is -1.17. The fraction of sp³-hybridized carbons (Fsp3) is 0.904. The van der Waals surface area contributed by atoms with Gasteiger partial charge in [0, 0.05) is 12.3 Å². The van der Waals surface area contributed by atoms with E-state index < -0.39 is 12.1 Å². The van der Waals surface area contributed by atoms with Crippen molar-refractivity contribution in [1.29, 1.82) is 0 Å². The number of aliphatic hydroxyl groups is 1. The molecule has 1 aliphatic heterocycles. The average Bonchev–Trinajstić information content (AvgIpc) is 3.21. The molecule has 0 aromatic rings. The lowest BCUT2D eigenvalue weighted by Gasteiger charge is -2.43. The van der Waals surface area contributed by atoms with Crippen molar-refractivity contribution in [2.75, 3.05) is 6.61 Å². The summed E-state index contributed by atoms with van der Waals surface area (Å²) in [5.74, 6) is 1.24. The van der Waals surface area contributed by atoms with Crippen molar-refractivity contribution in [2.24, 2.45) is 17.8 Å². The molecule has 1 amide bonds. The van der Waals surface area contributed by atoms with Crippen LogP contribution in [0.5, 0.6) is 0 Å². The molecule has 1 fully saturated rings. The normalized spacial score (nSPS) is 21.1. The zero-order valence-corrected chi connectivity index (χ0v) is 39.1. The molecule has 0 bridgehead atoms. The first kappa shape index (κ1) is 53.8. The lowest BCUT2D eigenvalue weighted by molar-refractivity contribution is -0.251. The second kappa shape index (κ2) is 39.0. The summed E-state index contributed by atoms with van der Waals surface area (Å²) in [6.45, 7) is 13.8. The van der Waals surface area contributed by atoms with Gasteiger partial charge in [0.05, 0.1) is 24.9 Å². The molecule has 1 aliphatic rings. The monoisotopic (exact) mass is 802 g/mol. The van der Waals surface area contributed by atoms with E-state index in [1.54, 1.807) is 0 Å². The second-order valence-corrected chi connectivity index (χ2v) is 18.2. The van der Waals surface area contributed by atoms with Crippen LogP contribution in [0, 0.1) is 17.8 Å². The van der Waals surface area contributed by atoms with Crippen LogP contribution in [0.2, 0.25) is 0 Å². The maximum absolute atomic E-state index is 13.1. The molecule has 336 valence electrons. The molecule has 1 saturated heterocycles. The Kier molecular flexibility index (Phi) is 36.8. The molecular formula is C52H99NO4. The molecule has 1 heterocycles. The number of aliphatic hydroxyl groups excluding tert-OH is 1. The predicted octanol–water partition coefficient (Wildman–Crippen LogP) is 15.5. The van der Waals surface area contributed by atoms with Crippen LogP contribution >= 0.6 is 0 Å². The first-order chi connectivity index (χ1) is 27.8. The highest BCUT2D eigenvalue weighted by atomic mass is 16.7. The summed E-state index contributed by atoms with van der Waals surface area (Å²) >= 11 is 0. The number of carbonyl (C=O) groups excluding carboxylic acids is 1. The SMILES string of the molecule is CCCCCCCCC=CCCCCCCCCCCCCCC(=O)N[C@@H](COC1OC(CC)C(C)C(C)C1C)[C@H](O)/C=C/CCCCCCCCCCCCC. The Bertz CT molecular complexity index is 933. The maximum atomic E-state index is 13.1. The third kappa shape index (κ3) is 29.7. The van der Waals surface area contributed by atoms with Crippen LogP contribution in [0.1, 0.15) is 253 Å². The summed E-state index contributed by atoms with van der Waals surface area (Å²) in [5.41, 5.74) is 0. The molecule has 0 aromatic carbocycles.